The molecule has 3 amide bonds. The van der Waals surface area contributed by atoms with Gasteiger partial charge in [0.05, 0.1) is 15.8 Å². The van der Waals surface area contributed by atoms with Crippen LogP contribution in [0, 0.1) is 0 Å². The number of thiophene rings is 1. The van der Waals surface area contributed by atoms with Crippen LogP contribution in [0.15, 0.2) is 54.6 Å². The summed E-state index contributed by atoms with van der Waals surface area (Å²) in [6.45, 7) is 1.35. The van der Waals surface area contributed by atoms with Crippen molar-refractivity contribution in [2.45, 2.75) is 12.5 Å². The molecule has 1 fully saturated rings. The Morgan fingerprint density at radius 2 is 1.85 bits per heavy atom. The minimum atomic E-state index is -1.23. The number of urea groups is 1. The number of imide groups is 1. The predicted octanol–water partition coefficient (Wildman–Crippen LogP) is 4.20. The van der Waals surface area contributed by atoms with E-state index in [1.54, 1.807) is 19.1 Å². The minimum Gasteiger partial charge on any atom is -0.319 e. The normalized spacial score (nSPS) is 19.6. The molecule has 1 aliphatic rings. The Morgan fingerprint density at radius 3 is 2.59 bits per heavy atom. The maximum absolute atomic E-state index is 13.1. The fourth-order valence-electron chi connectivity index (χ4n) is 3.37. The Labute approximate surface area is 164 Å². The fourth-order valence-corrected chi connectivity index (χ4v) is 4.34. The first-order valence-corrected chi connectivity index (χ1v) is 9.50. The molecular weight excluding hydrogens is 384 g/mol. The van der Waals surface area contributed by atoms with E-state index in [4.69, 9.17) is 11.6 Å². The Hall–Kier alpha value is -2.70. The summed E-state index contributed by atoms with van der Waals surface area (Å²) in [7, 11) is 0. The van der Waals surface area contributed by atoms with Crippen molar-refractivity contribution in [3.8, 4) is 0 Å². The number of amides is 3. The number of halogens is 1. The number of hydrogen-bond donors (Lipinski definition) is 1. The zero-order valence-electron chi connectivity index (χ0n) is 14.4. The quantitative estimate of drug-likeness (QED) is 0.529. The van der Waals surface area contributed by atoms with Gasteiger partial charge < -0.3 is 5.32 Å². The molecule has 2 heterocycles. The number of carbonyl (C=O) groups excluding carboxylic acids is 3. The van der Waals surface area contributed by atoms with Gasteiger partial charge >= 0.3 is 6.03 Å². The van der Waals surface area contributed by atoms with Crippen LogP contribution in [0.5, 0.6) is 0 Å². The lowest BCUT2D eigenvalue weighted by Gasteiger charge is -2.24. The van der Waals surface area contributed by atoms with Crippen molar-refractivity contribution >= 4 is 51.4 Å². The third kappa shape index (κ3) is 2.91. The van der Waals surface area contributed by atoms with Crippen LogP contribution in [0.2, 0.25) is 4.34 Å². The van der Waals surface area contributed by atoms with Crippen molar-refractivity contribution in [1.29, 1.82) is 0 Å². The van der Waals surface area contributed by atoms with E-state index in [-0.39, 0.29) is 12.3 Å². The van der Waals surface area contributed by atoms with Crippen LogP contribution in [-0.4, -0.2) is 29.2 Å². The summed E-state index contributed by atoms with van der Waals surface area (Å²) < 4.78 is 0.483. The molecule has 1 aromatic heterocycles. The molecule has 2 aromatic carbocycles. The predicted molar refractivity (Wildman–Crippen MR) is 105 cm³/mol. The van der Waals surface area contributed by atoms with Gasteiger partial charge in [0.1, 0.15) is 5.54 Å². The molecule has 1 N–H and O–H groups in total. The van der Waals surface area contributed by atoms with Crippen LogP contribution in [0.3, 0.4) is 0 Å². The van der Waals surface area contributed by atoms with Crippen molar-refractivity contribution in [2.24, 2.45) is 0 Å². The average molecular weight is 399 g/mol. The molecule has 0 aliphatic carbocycles. The zero-order chi connectivity index (χ0) is 19.2. The molecule has 5 nitrogen and oxygen atoms in total. The molecule has 136 valence electrons. The van der Waals surface area contributed by atoms with E-state index < -0.39 is 17.5 Å². The molecular formula is C20H15ClN2O3S. The molecule has 4 rings (SSSR count). The van der Waals surface area contributed by atoms with Gasteiger partial charge in [0, 0.05) is 0 Å². The number of nitrogens with one attached hydrogen (secondary N) is 1. The monoisotopic (exact) mass is 398 g/mol. The largest absolute Gasteiger partial charge is 0.325 e. The highest BCUT2D eigenvalue weighted by atomic mass is 35.5. The van der Waals surface area contributed by atoms with E-state index in [2.05, 4.69) is 5.32 Å². The van der Waals surface area contributed by atoms with E-state index in [1.807, 2.05) is 42.5 Å². The van der Waals surface area contributed by atoms with Gasteiger partial charge in [-0.2, -0.15) is 0 Å². The van der Waals surface area contributed by atoms with E-state index in [9.17, 15) is 14.4 Å². The highest BCUT2D eigenvalue weighted by molar-refractivity contribution is 7.18. The van der Waals surface area contributed by atoms with E-state index in [1.165, 1.54) is 0 Å². The second kappa shape index (κ2) is 6.48. The highest BCUT2D eigenvalue weighted by Crippen LogP contribution is 2.34. The van der Waals surface area contributed by atoms with Gasteiger partial charge in [0.25, 0.3) is 5.91 Å². The molecule has 3 aromatic rings. The van der Waals surface area contributed by atoms with Gasteiger partial charge in [0.2, 0.25) is 0 Å². The van der Waals surface area contributed by atoms with Gasteiger partial charge in [-0.25, -0.2) is 4.79 Å². The molecule has 0 unspecified atom stereocenters. The summed E-state index contributed by atoms with van der Waals surface area (Å²) in [6.07, 6.45) is 0. The topological polar surface area (TPSA) is 66.5 Å². The summed E-state index contributed by atoms with van der Waals surface area (Å²) in [5.74, 6) is -0.766. The van der Waals surface area contributed by atoms with Gasteiger partial charge in [-0.1, -0.05) is 54.1 Å². The van der Waals surface area contributed by atoms with Crippen molar-refractivity contribution < 1.29 is 14.4 Å². The standard InChI is InChI=1S/C20H15ClN2O3S/c1-20(14-8-4-6-12-5-2-3-7-13(12)14)18(25)23(19(26)22-20)11-15(24)16-9-10-17(21)27-16/h2-10H,11H2,1H3,(H,22,26)/t20-/m1/s1. The second-order valence-electron chi connectivity index (χ2n) is 6.50. The lowest BCUT2D eigenvalue weighted by atomic mass is 9.88. The SMILES string of the molecule is C[C@]1(c2cccc3ccccc23)NC(=O)N(CC(=O)c2ccc(Cl)s2)C1=O. The first kappa shape index (κ1) is 17.7. The number of Topliss-reactive ketones (excluding diaryl/α,β-unsaturated/α-hetero) is 1. The fraction of sp³-hybridized carbons (Fsp3) is 0.150. The summed E-state index contributed by atoms with van der Waals surface area (Å²) in [4.78, 5) is 39.5. The molecule has 1 saturated heterocycles. The van der Waals surface area contributed by atoms with Crippen LogP contribution in [0.25, 0.3) is 10.8 Å². The third-order valence-electron chi connectivity index (χ3n) is 4.75. The average Bonchev–Trinajstić information content (AvgIpc) is 3.19. The maximum atomic E-state index is 13.1. The molecule has 7 heteroatoms. The van der Waals surface area contributed by atoms with Crippen LogP contribution in [-0.2, 0) is 10.3 Å². The van der Waals surface area contributed by atoms with Crippen molar-refractivity contribution in [3.63, 3.8) is 0 Å². The molecule has 1 atom stereocenters. The summed E-state index contributed by atoms with van der Waals surface area (Å²) in [5, 5.41) is 4.62. The van der Waals surface area contributed by atoms with E-state index in [0.717, 1.165) is 27.0 Å². The van der Waals surface area contributed by atoms with E-state index in [0.29, 0.717) is 14.8 Å². The Balaban J connectivity index is 1.68. The lowest BCUT2D eigenvalue weighted by molar-refractivity contribution is -0.130. The van der Waals surface area contributed by atoms with Crippen LogP contribution in [0.4, 0.5) is 4.79 Å². The maximum Gasteiger partial charge on any atom is 0.325 e. The summed E-state index contributed by atoms with van der Waals surface area (Å²) in [5.41, 5.74) is -0.529. The Morgan fingerprint density at radius 1 is 1.11 bits per heavy atom. The number of rotatable bonds is 4. The minimum absolute atomic E-state index is 0.318. The molecule has 0 bridgehead atoms. The molecule has 0 radical (unpaired) electrons. The first-order chi connectivity index (χ1) is 12.9. The van der Waals surface area contributed by atoms with Crippen LogP contribution >= 0.6 is 22.9 Å². The molecule has 0 saturated carbocycles. The number of ketones is 1. The van der Waals surface area contributed by atoms with Crippen LogP contribution < -0.4 is 5.32 Å². The molecule has 0 spiro atoms. The molecule has 27 heavy (non-hydrogen) atoms. The number of benzene rings is 2. The van der Waals surface area contributed by atoms with Gasteiger partial charge in [-0.3, -0.25) is 14.5 Å². The number of carbonyl (C=O) groups is 3. The van der Waals surface area contributed by atoms with E-state index >= 15 is 0 Å². The van der Waals surface area contributed by atoms with Gasteiger partial charge in [-0.15, -0.1) is 11.3 Å². The lowest BCUT2D eigenvalue weighted by Crippen LogP contribution is -2.41. The number of nitrogens with zero attached hydrogens (tertiary/aromatic N) is 1. The Bertz CT molecular complexity index is 1090. The zero-order valence-corrected chi connectivity index (χ0v) is 15.9. The molecule has 1 aliphatic heterocycles. The number of fused-ring (bicyclic) bond motifs is 1. The van der Waals surface area contributed by atoms with Crippen LogP contribution in [0.1, 0.15) is 22.2 Å². The first-order valence-electron chi connectivity index (χ1n) is 8.31. The van der Waals surface area contributed by atoms with Gasteiger partial charge in [-0.05, 0) is 35.4 Å². The van der Waals surface area contributed by atoms with Crippen molar-refractivity contribution in [1.82, 2.24) is 10.2 Å². The second-order valence-corrected chi connectivity index (χ2v) is 8.22. The van der Waals surface area contributed by atoms with Crippen molar-refractivity contribution in [3.05, 3.63) is 69.4 Å². The Kier molecular flexibility index (Phi) is 4.25. The van der Waals surface area contributed by atoms with Gasteiger partial charge in [0.15, 0.2) is 5.78 Å². The summed E-state index contributed by atoms with van der Waals surface area (Å²) in [6, 6.07) is 15.9. The third-order valence-corrected chi connectivity index (χ3v) is 6.03. The smallest absolute Gasteiger partial charge is 0.319 e. The summed E-state index contributed by atoms with van der Waals surface area (Å²) >= 11 is 6.99. The van der Waals surface area contributed by atoms with Crippen molar-refractivity contribution in [2.75, 3.05) is 6.54 Å². The number of hydrogen-bond acceptors (Lipinski definition) is 4. The highest BCUT2D eigenvalue weighted by Gasteiger charge is 2.50.